The minimum Gasteiger partial charge on any atom is -0.457 e. The van der Waals surface area contributed by atoms with Gasteiger partial charge in [0.25, 0.3) is 0 Å². The van der Waals surface area contributed by atoms with E-state index in [2.05, 4.69) is 28.2 Å². The zero-order valence-corrected chi connectivity index (χ0v) is 13.2. The topological polar surface area (TPSA) is 21.3 Å². The quantitative estimate of drug-likeness (QED) is 0.734. The fourth-order valence-electron chi connectivity index (χ4n) is 1.85. The first-order valence-electron chi connectivity index (χ1n) is 6.72. The van der Waals surface area contributed by atoms with Crippen molar-refractivity contribution in [3.05, 3.63) is 58.1 Å². The van der Waals surface area contributed by atoms with Crippen molar-refractivity contribution < 1.29 is 13.5 Å². The zero-order chi connectivity index (χ0) is 15.2. The fourth-order valence-corrected chi connectivity index (χ4v) is 2.21. The van der Waals surface area contributed by atoms with Crippen LogP contribution in [-0.2, 0) is 6.54 Å². The Morgan fingerprint density at radius 2 is 1.95 bits per heavy atom. The maximum absolute atomic E-state index is 13.4. The lowest BCUT2D eigenvalue weighted by atomic mass is 10.2. The highest BCUT2D eigenvalue weighted by Crippen LogP contribution is 2.29. The summed E-state index contributed by atoms with van der Waals surface area (Å²) in [5.74, 6) is 0.382. The van der Waals surface area contributed by atoms with Gasteiger partial charge in [0.15, 0.2) is 0 Å². The summed E-state index contributed by atoms with van der Waals surface area (Å²) in [5, 5.41) is 3.21. The molecule has 0 spiro atoms. The SMILES string of the molecule is CCCNCc1cc(F)ccc1Oc1ccc(F)c(Br)c1. The third kappa shape index (κ3) is 4.51. The number of benzene rings is 2. The highest BCUT2D eigenvalue weighted by Gasteiger charge is 2.08. The van der Waals surface area contributed by atoms with Crippen molar-refractivity contribution in [2.24, 2.45) is 0 Å². The molecule has 0 saturated heterocycles. The van der Waals surface area contributed by atoms with Gasteiger partial charge < -0.3 is 10.1 Å². The monoisotopic (exact) mass is 355 g/mol. The van der Waals surface area contributed by atoms with Crippen molar-refractivity contribution in [2.45, 2.75) is 19.9 Å². The van der Waals surface area contributed by atoms with Crippen LogP contribution in [0.3, 0.4) is 0 Å². The second-order valence-corrected chi connectivity index (χ2v) is 5.46. The van der Waals surface area contributed by atoms with Gasteiger partial charge in [-0.3, -0.25) is 0 Å². The van der Waals surface area contributed by atoms with Crippen LogP contribution in [0.4, 0.5) is 8.78 Å². The molecule has 21 heavy (non-hydrogen) atoms. The molecule has 0 aliphatic heterocycles. The molecule has 0 aliphatic rings. The van der Waals surface area contributed by atoms with Crippen LogP contribution in [0.15, 0.2) is 40.9 Å². The molecule has 0 atom stereocenters. The molecule has 0 radical (unpaired) electrons. The Labute approximate surface area is 131 Å². The molecule has 2 nitrogen and oxygen atoms in total. The minimum atomic E-state index is -0.355. The van der Waals surface area contributed by atoms with E-state index in [0.29, 0.717) is 22.5 Å². The van der Waals surface area contributed by atoms with Gasteiger partial charge in [0.2, 0.25) is 0 Å². The number of rotatable bonds is 6. The lowest BCUT2D eigenvalue weighted by molar-refractivity contribution is 0.467. The van der Waals surface area contributed by atoms with Crippen molar-refractivity contribution in [2.75, 3.05) is 6.54 Å². The third-order valence-corrected chi connectivity index (χ3v) is 3.49. The van der Waals surface area contributed by atoms with Crippen LogP contribution < -0.4 is 10.1 Å². The maximum Gasteiger partial charge on any atom is 0.137 e. The summed E-state index contributed by atoms with van der Waals surface area (Å²) in [6, 6.07) is 8.76. The molecule has 0 aliphatic carbocycles. The van der Waals surface area contributed by atoms with Crippen molar-refractivity contribution in [1.82, 2.24) is 5.32 Å². The molecule has 0 unspecified atom stereocenters. The Balaban J connectivity index is 2.19. The average Bonchev–Trinajstić information content (AvgIpc) is 2.46. The lowest BCUT2D eigenvalue weighted by Gasteiger charge is -2.12. The first-order chi connectivity index (χ1) is 10.1. The molecule has 5 heteroatoms. The van der Waals surface area contributed by atoms with Crippen LogP contribution in [0, 0.1) is 11.6 Å². The van der Waals surface area contributed by atoms with Gasteiger partial charge in [0.05, 0.1) is 4.47 Å². The highest BCUT2D eigenvalue weighted by atomic mass is 79.9. The summed E-state index contributed by atoms with van der Waals surface area (Å²) in [4.78, 5) is 0. The number of hydrogen-bond donors (Lipinski definition) is 1. The highest BCUT2D eigenvalue weighted by molar-refractivity contribution is 9.10. The molecule has 0 amide bonds. The second-order valence-electron chi connectivity index (χ2n) is 4.61. The van der Waals surface area contributed by atoms with Crippen LogP contribution >= 0.6 is 15.9 Å². The van der Waals surface area contributed by atoms with Gasteiger partial charge in [0.1, 0.15) is 23.1 Å². The predicted octanol–water partition coefficient (Wildman–Crippen LogP) is 5.02. The Morgan fingerprint density at radius 1 is 1.14 bits per heavy atom. The van der Waals surface area contributed by atoms with E-state index in [1.807, 2.05) is 0 Å². The molecular formula is C16H16BrF2NO. The number of hydrogen-bond acceptors (Lipinski definition) is 2. The van der Waals surface area contributed by atoms with E-state index in [-0.39, 0.29) is 11.6 Å². The van der Waals surface area contributed by atoms with E-state index in [0.717, 1.165) is 18.5 Å². The zero-order valence-electron chi connectivity index (χ0n) is 11.6. The Hall–Kier alpha value is -1.46. The molecule has 1 N–H and O–H groups in total. The maximum atomic E-state index is 13.4. The molecule has 2 aromatic carbocycles. The molecule has 112 valence electrons. The molecule has 2 aromatic rings. The summed E-state index contributed by atoms with van der Waals surface area (Å²) in [6.45, 7) is 3.42. The Kier molecular flexibility index (Phi) is 5.70. The third-order valence-electron chi connectivity index (χ3n) is 2.88. The fraction of sp³-hybridized carbons (Fsp3) is 0.250. The van der Waals surface area contributed by atoms with Crippen LogP contribution in [0.25, 0.3) is 0 Å². The Morgan fingerprint density at radius 3 is 2.67 bits per heavy atom. The Bertz CT molecular complexity index is 619. The van der Waals surface area contributed by atoms with Gasteiger partial charge in [-0.25, -0.2) is 8.78 Å². The van der Waals surface area contributed by atoms with Crippen molar-refractivity contribution in [1.29, 1.82) is 0 Å². The predicted molar refractivity (Wildman–Crippen MR) is 82.6 cm³/mol. The number of nitrogens with one attached hydrogen (secondary N) is 1. The first-order valence-corrected chi connectivity index (χ1v) is 7.51. The van der Waals surface area contributed by atoms with Gasteiger partial charge in [-0.2, -0.15) is 0 Å². The van der Waals surface area contributed by atoms with Gasteiger partial charge >= 0.3 is 0 Å². The smallest absolute Gasteiger partial charge is 0.137 e. The lowest BCUT2D eigenvalue weighted by Crippen LogP contribution is -2.14. The molecular weight excluding hydrogens is 340 g/mol. The van der Waals surface area contributed by atoms with E-state index in [9.17, 15) is 8.78 Å². The molecule has 2 rings (SSSR count). The second kappa shape index (κ2) is 7.52. The van der Waals surface area contributed by atoms with Crippen molar-refractivity contribution in [3.63, 3.8) is 0 Å². The van der Waals surface area contributed by atoms with E-state index >= 15 is 0 Å². The largest absolute Gasteiger partial charge is 0.457 e. The summed E-state index contributed by atoms with van der Waals surface area (Å²) < 4.78 is 32.6. The molecule has 0 fully saturated rings. The van der Waals surface area contributed by atoms with Crippen molar-refractivity contribution >= 4 is 15.9 Å². The van der Waals surface area contributed by atoms with Crippen LogP contribution in [0.1, 0.15) is 18.9 Å². The molecule has 0 bridgehead atoms. The summed E-state index contributed by atoms with van der Waals surface area (Å²) in [5.41, 5.74) is 0.726. The molecule has 0 heterocycles. The van der Waals surface area contributed by atoms with E-state index in [1.54, 1.807) is 12.1 Å². The van der Waals surface area contributed by atoms with Gasteiger partial charge in [-0.1, -0.05) is 6.92 Å². The first kappa shape index (κ1) is 15.9. The molecule has 0 saturated carbocycles. The normalized spacial score (nSPS) is 10.7. The molecule has 0 aromatic heterocycles. The van der Waals surface area contributed by atoms with Crippen molar-refractivity contribution in [3.8, 4) is 11.5 Å². The van der Waals surface area contributed by atoms with E-state index < -0.39 is 0 Å². The van der Waals surface area contributed by atoms with Crippen LogP contribution in [0.5, 0.6) is 11.5 Å². The van der Waals surface area contributed by atoms with Gasteiger partial charge in [-0.05, 0) is 65.3 Å². The minimum absolute atomic E-state index is 0.309. The van der Waals surface area contributed by atoms with Crippen LogP contribution in [-0.4, -0.2) is 6.54 Å². The number of halogens is 3. The summed E-state index contributed by atoms with van der Waals surface area (Å²) in [6.07, 6.45) is 0.996. The van der Waals surface area contributed by atoms with Gasteiger partial charge in [-0.15, -0.1) is 0 Å². The summed E-state index contributed by atoms with van der Waals surface area (Å²) >= 11 is 3.11. The summed E-state index contributed by atoms with van der Waals surface area (Å²) in [7, 11) is 0. The van der Waals surface area contributed by atoms with Gasteiger partial charge in [0, 0.05) is 12.1 Å². The number of ether oxygens (including phenoxy) is 1. The standard InChI is InChI=1S/C16H16BrF2NO/c1-2-7-20-10-11-8-12(18)3-6-16(11)21-13-4-5-15(19)14(17)9-13/h3-6,8-9,20H,2,7,10H2,1H3. The van der Waals surface area contributed by atoms with Crippen LogP contribution in [0.2, 0.25) is 0 Å². The van der Waals surface area contributed by atoms with E-state index in [4.69, 9.17) is 4.74 Å². The van der Waals surface area contributed by atoms with E-state index in [1.165, 1.54) is 24.3 Å². The average molecular weight is 356 g/mol.